The molecule has 5 heteroatoms. The number of aromatic nitrogens is 2. The van der Waals surface area contributed by atoms with Gasteiger partial charge in [0.1, 0.15) is 5.75 Å². The second-order valence-electron chi connectivity index (χ2n) is 8.94. The fraction of sp³-hybridized carbons (Fsp3) is 0.565. The molecule has 5 nitrogen and oxygen atoms in total. The molecule has 1 N–H and O–H groups in total. The number of hydrogen-bond donors (Lipinski definition) is 1. The molecule has 0 aliphatic carbocycles. The standard InChI is InChI=1S/C23H35N3O2/c1-15(2)14-26-17(4)19(16(3)25-26)10-12-22(27)24-20-13-18(23(5,6)7)9-11-21(20)28-8/h9,11,13,15H,10,12,14H2,1-8H3,(H,24,27). The largest absolute Gasteiger partial charge is 0.495 e. The number of ether oxygens (including phenoxy) is 1. The first-order valence-corrected chi connectivity index (χ1v) is 10.0. The lowest BCUT2D eigenvalue weighted by Gasteiger charge is -2.21. The van der Waals surface area contributed by atoms with Crippen LogP contribution in [0.4, 0.5) is 5.69 Å². The molecule has 154 valence electrons. The molecule has 28 heavy (non-hydrogen) atoms. The quantitative estimate of drug-likeness (QED) is 0.727. The molecule has 1 aromatic heterocycles. The molecule has 0 aliphatic rings. The zero-order chi connectivity index (χ0) is 21.1. The van der Waals surface area contributed by atoms with Crippen molar-refractivity contribution in [2.24, 2.45) is 5.92 Å². The highest BCUT2D eigenvalue weighted by Gasteiger charge is 2.18. The lowest BCUT2D eigenvalue weighted by Crippen LogP contribution is -2.16. The van der Waals surface area contributed by atoms with Crippen molar-refractivity contribution in [1.82, 2.24) is 9.78 Å². The van der Waals surface area contributed by atoms with Crippen molar-refractivity contribution < 1.29 is 9.53 Å². The summed E-state index contributed by atoms with van der Waals surface area (Å²) >= 11 is 0. The Labute approximate surface area is 169 Å². The van der Waals surface area contributed by atoms with Crippen LogP contribution in [0.5, 0.6) is 5.75 Å². The normalized spacial score (nSPS) is 11.8. The Balaban J connectivity index is 2.10. The summed E-state index contributed by atoms with van der Waals surface area (Å²) in [4.78, 5) is 12.6. The number of nitrogens with zero attached hydrogens (tertiary/aromatic N) is 2. The number of benzene rings is 1. The Morgan fingerprint density at radius 1 is 1.25 bits per heavy atom. The van der Waals surface area contributed by atoms with Crippen LogP contribution >= 0.6 is 0 Å². The number of carbonyl (C=O) groups excluding carboxylic acids is 1. The number of methoxy groups -OCH3 is 1. The van der Waals surface area contributed by atoms with E-state index in [-0.39, 0.29) is 11.3 Å². The number of aryl methyl sites for hydroxylation is 1. The number of carbonyl (C=O) groups is 1. The first-order chi connectivity index (χ1) is 13.0. The van der Waals surface area contributed by atoms with Gasteiger partial charge in [0.05, 0.1) is 18.5 Å². The molecule has 0 saturated heterocycles. The summed E-state index contributed by atoms with van der Waals surface area (Å²) in [7, 11) is 1.62. The Kier molecular flexibility index (Phi) is 6.91. The minimum absolute atomic E-state index is 0.00493. The maximum atomic E-state index is 12.6. The van der Waals surface area contributed by atoms with Crippen molar-refractivity contribution in [2.45, 2.75) is 73.3 Å². The van der Waals surface area contributed by atoms with Crippen LogP contribution < -0.4 is 10.1 Å². The average molecular weight is 386 g/mol. The van der Waals surface area contributed by atoms with Crippen LogP contribution in [0, 0.1) is 19.8 Å². The van der Waals surface area contributed by atoms with Gasteiger partial charge in [-0.05, 0) is 54.9 Å². The lowest BCUT2D eigenvalue weighted by atomic mass is 9.87. The van der Waals surface area contributed by atoms with Crippen LogP contribution in [0.3, 0.4) is 0 Å². The average Bonchev–Trinajstić information content (AvgIpc) is 2.85. The van der Waals surface area contributed by atoms with Gasteiger partial charge in [0.2, 0.25) is 5.91 Å². The molecule has 0 spiro atoms. The Morgan fingerprint density at radius 2 is 1.93 bits per heavy atom. The molecular weight excluding hydrogens is 350 g/mol. The SMILES string of the molecule is COc1ccc(C(C)(C)C)cc1NC(=O)CCc1c(C)nn(CC(C)C)c1C. The van der Waals surface area contributed by atoms with Gasteiger partial charge >= 0.3 is 0 Å². The van der Waals surface area contributed by atoms with Gasteiger partial charge < -0.3 is 10.1 Å². The summed E-state index contributed by atoms with van der Waals surface area (Å²) in [6.45, 7) is 15.8. The molecule has 0 bridgehead atoms. The number of rotatable bonds is 7. The second kappa shape index (κ2) is 8.80. The number of anilines is 1. The molecule has 1 aromatic carbocycles. The minimum Gasteiger partial charge on any atom is -0.495 e. The van der Waals surface area contributed by atoms with E-state index in [1.165, 1.54) is 5.56 Å². The topological polar surface area (TPSA) is 56.1 Å². The van der Waals surface area contributed by atoms with Gasteiger partial charge in [-0.25, -0.2) is 0 Å². The highest BCUT2D eigenvalue weighted by molar-refractivity contribution is 5.92. The van der Waals surface area contributed by atoms with Crippen LogP contribution in [0.2, 0.25) is 0 Å². The van der Waals surface area contributed by atoms with Crippen LogP contribution in [0.1, 0.15) is 63.6 Å². The van der Waals surface area contributed by atoms with Crippen molar-refractivity contribution in [2.75, 3.05) is 12.4 Å². The van der Waals surface area contributed by atoms with Crippen molar-refractivity contribution in [3.8, 4) is 5.75 Å². The van der Waals surface area contributed by atoms with Gasteiger partial charge in [-0.3, -0.25) is 9.48 Å². The molecular formula is C23H35N3O2. The molecule has 0 saturated carbocycles. The maximum absolute atomic E-state index is 12.6. The molecule has 2 aromatic rings. The predicted molar refractivity (Wildman–Crippen MR) is 115 cm³/mol. The first kappa shape index (κ1) is 22.0. The van der Waals surface area contributed by atoms with Crippen molar-refractivity contribution in [1.29, 1.82) is 0 Å². The van der Waals surface area contributed by atoms with Crippen LogP contribution in [0.15, 0.2) is 18.2 Å². The van der Waals surface area contributed by atoms with E-state index in [0.717, 1.165) is 29.2 Å². The summed E-state index contributed by atoms with van der Waals surface area (Å²) in [5.74, 6) is 1.20. The number of amides is 1. The Morgan fingerprint density at radius 3 is 2.50 bits per heavy atom. The molecule has 1 heterocycles. The van der Waals surface area contributed by atoms with Gasteiger partial charge in [-0.2, -0.15) is 5.10 Å². The first-order valence-electron chi connectivity index (χ1n) is 10.0. The summed E-state index contributed by atoms with van der Waals surface area (Å²) in [5, 5.41) is 7.67. The number of hydrogen-bond acceptors (Lipinski definition) is 3. The molecule has 2 rings (SSSR count). The third-order valence-corrected chi connectivity index (χ3v) is 5.01. The minimum atomic E-state index is -0.0141. The summed E-state index contributed by atoms with van der Waals surface area (Å²) in [6.07, 6.45) is 1.10. The van der Waals surface area contributed by atoms with E-state index in [1.54, 1.807) is 7.11 Å². The van der Waals surface area contributed by atoms with Crippen molar-refractivity contribution in [3.63, 3.8) is 0 Å². The summed E-state index contributed by atoms with van der Waals surface area (Å²) in [6, 6.07) is 5.97. The van der Waals surface area contributed by atoms with Gasteiger partial charge in [-0.15, -0.1) is 0 Å². The highest BCUT2D eigenvalue weighted by atomic mass is 16.5. The monoisotopic (exact) mass is 385 g/mol. The van der Waals surface area contributed by atoms with Gasteiger partial charge in [-0.1, -0.05) is 40.7 Å². The van der Waals surface area contributed by atoms with Gasteiger partial charge in [0.15, 0.2) is 0 Å². The number of nitrogens with one attached hydrogen (secondary N) is 1. The molecule has 1 amide bonds. The van der Waals surface area contributed by atoms with Gasteiger partial charge in [0, 0.05) is 18.7 Å². The van der Waals surface area contributed by atoms with E-state index in [4.69, 9.17) is 4.74 Å². The van der Waals surface area contributed by atoms with E-state index >= 15 is 0 Å². The highest BCUT2D eigenvalue weighted by Crippen LogP contribution is 2.31. The van der Waals surface area contributed by atoms with E-state index in [2.05, 4.69) is 56.6 Å². The molecule has 0 fully saturated rings. The maximum Gasteiger partial charge on any atom is 0.224 e. The zero-order valence-electron chi connectivity index (χ0n) is 18.6. The Hall–Kier alpha value is -2.30. The third kappa shape index (κ3) is 5.37. The predicted octanol–water partition coefficient (Wildman–Crippen LogP) is 5.03. The third-order valence-electron chi connectivity index (χ3n) is 5.01. The molecule has 0 atom stereocenters. The van der Waals surface area contributed by atoms with E-state index in [9.17, 15) is 4.79 Å². The van der Waals surface area contributed by atoms with Crippen molar-refractivity contribution in [3.05, 3.63) is 40.7 Å². The fourth-order valence-corrected chi connectivity index (χ4v) is 3.34. The van der Waals surface area contributed by atoms with Crippen LogP contribution in [-0.2, 0) is 23.2 Å². The van der Waals surface area contributed by atoms with Crippen LogP contribution in [0.25, 0.3) is 0 Å². The summed E-state index contributed by atoms with van der Waals surface area (Å²) < 4.78 is 7.49. The second-order valence-corrected chi connectivity index (χ2v) is 8.94. The fourth-order valence-electron chi connectivity index (χ4n) is 3.34. The zero-order valence-corrected chi connectivity index (χ0v) is 18.6. The smallest absolute Gasteiger partial charge is 0.224 e. The van der Waals surface area contributed by atoms with E-state index in [1.807, 2.05) is 25.1 Å². The Bertz CT molecular complexity index is 829. The lowest BCUT2D eigenvalue weighted by molar-refractivity contribution is -0.116. The summed E-state index contributed by atoms with van der Waals surface area (Å²) in [5.41, 5.74) is 5.23. The van der Waals surface area contributed by atoms with Gasteiger partial charge in [0.25, 0.3) is 0 Å². The van der Waals surface area contributed by atoms with Crippen LogP contribution in [-0.4, -0.2) is 22.8 Å². The van der Waals surface area contributed by atoms with E-state index in [0.29, 0.717) is 24.5 Å². The van der Waals surface area contributed by atoms with E-state index < -0.39 is 0 Å². The molecule has 0 unspecified atom stereocenters. The molecule has 0 aliphatic heterocycles. The molecule has 0 radical (unpaired) electrons. The van der Waals surface area contributed by atoms with Crippen molar-refractivity contribution >= 4 is 11.6 Å².